The number of carbonyl (C=O) groups excluding carboxylic acids is 1. The van der Waals surface area contributed by atoms with Gasteiger partial charge in [0, 0.05) is 10.9 Å². The summed E-state index contributed by atoms with van der Waals surface area (Å²) >= 11 is 1.54. The van der Waals surface area contributed by atoms with Crippen LogP contribution in [0.15, 0.2) is 40.6 Å². The molecule has 2 N–H and O–H groups in total. The van der Waals surface area contributed by atoms with Crippen molar-refractivity contribution in [3.05, 3.63) is 40.6 Å². The first kappa shape index (κ1) is 20.6. The standard InChI is InChI=1S/C19H24N2O5S2/c1-12(2)18(19(22)20-13(3)17-5-4-10-27-17)21-28(23,24)14-6-7-15-16(11-14)26-9-8-25-15/h4-7,10-13,18,21H,8-9H2,1-3H3,(H,20,22)/t13-,18-/m0/s1. The van der Waals surface area contributed by atoms with E-state index in [0.717, 1.165) is 4.88 Å². The van der Waals surface area contributed by atoms with Crippen LogP contribution in [-0.4, -0.2) is 33.6 Å². The monoisotopic (exact) mass is 424 g/mol. The largest absolute Gasteiger partial charge is 0.486 e. The lowest BCUT2D eigenvalue weighted by molar-refractivity contribution is -0.124. The highest BCUT2D eigenvalue weighted by Gasteiger charge is 2.30. The lowest BCUT2D eigenvalue weighted by Crippen LogP contribution is -2.50. The zero-order chi connectivity index (χ0) is 20.3. The number of amides is 1. The lowest BCUT2D eigenvalue weighted by atomic mass is 10.0. The normalized spacial score (nSPS) is 15.9. The third kappa shape index (κ3) is 4.65. The van der Waals surface area contributed by atoms with Crippen molar-refractivity contribution in [3.8, 4) is 11.5 Å². The van der Waals surface area contributed by atoms with E-state index in [1.807, 2.05) is 24.4 Å². The van der Waals surface area contributed by atoms with Crippen molar-refractivity contribution < 1.29 is 22.7 Å². The summed E-state index contributed by atoms with van der Waals surface area (Å²) in [6.07, 6.45) is 0. The average molecular weight is 425 g/mol. The van der Waals surface area contributed by atoms with E-state index < -0.39 is 16.1 Å². The first-order valence-electron chi connectivity index (χ1n) is 9.03. The second-order valence-electron chi connectivity index (χ2n) is 6.89. The van der Waals surface area contributed by atoms with Gasteiger partial charge in [0.25, 0.3) is 0 Å². The van der Waals surface area contributed by atoms with Gasteiger partial charge in [-0.2, -0.15) is 4.72 Å². The van der Waals surface area contributed by atoms with Crippen LogP contribution in [0.2, 0.25) is 0 Å². The van der Waals surface area contributed by atoms with Crippen molar-refractivity contribution >= 4 is 27.3 Å². The Hall–Kier alpha value is -2.10. The SMILES string of the molecule is CC(C)[C@H](NS(=O)(=O)c1ccc2c(c1)OCCO2)C(=O)N[C@@H](C)c1cccs1. The van der Waals surface area contributed by atoms with Crippen molar-refractivity contribution in [2.24, 2.45) is 5.92 Å². The van der Waals surface area contributed by atoms with Crippen LogP contribution in [-0.2, 0) is 14.8 Å². The van der Waals surface area contributed by atoms with Crippen molar-refractivity contribution in [3.63, 3.8) is 0 Å². The van der Waals surface area contributed by atoms with Gasteiger partial charge < -0.3 is 14.8 Å². The predicted octanol–water partition coefficient (Wildman–Crippen LogP) is 2.70. The van der Waals surface area contributed by atoms with Gasteiger partial charge in [-0.25, -0.2) is 8.42 Å². The summed E-state index contributed by atoms with van der Waals surface area (Å²) in [5, 5.41) is 4.82. The molecule has 7 nitrogen and oxygen atoms in total. The summed E-state index contributed by atoms with van der Waals surface area (Å²) in [4.78, 5) is 13.8. The Morgan fingerprint density at radius 1 is 1.11 bits per heavy atom. The summed E-state index contributed by atoms with van der Waals surface area (Å²) in [5.74, 6) is 0.290. The highest BCUT2D eigenvalue weighted by molar-refractivity contribution is 7.89. The molecular weight excluding hydrogens is 400 g/mol. The minimum absolute atomic E-state index is 0.0292. The quantitative estimate of drug-likeness (QED) is 0.713. The summed E-state index contributed by atoms with van der Waals surface area (Å²) < 4.78 is 39.1. The van der Waals surface area contributed by atoms with Gasteiger partial charge in [-0.15, -0.1) is 11.3 Å². The Kier molecular flexibility index (Phi) is 6.26. The van der Waals surface area contributed by atoms with Gasteiger partial charge in [-0.3, -0.25) is 4.79 Å². The Labute approximate surface area is 169 Å². The molecule has 1 aromatic heterocycles. The maximum Gasteiger partial charge on any atom is 0.241 e. The molecule has 0 spiro atoms. The van der Waals surface area contributed by atoms with Crippen LogP contribution in [0.1, 0.15) is 31.7 Å². The fourth-order valence-corrected chi connectivity index (χ4v) is 4.92. The Morgan fingerprint density at radius 2 is 1.82 bits per heavy atom. The number of ether oxygens (including phenoxy) is 2. The molecule has 0 fully saturated rings. The molecule has 2 heterocycles. The molecule has 0 aliphatic carbocycles. The summed E-state index contributed by atoms with van der Waals surface area (Å²) in [5.41, 5.74) is 0. The molecule has 0 saturated carbocycles. The molecule has 0 saturated heterocycles. The number of rotatable bonds is 7. The van der Waals surface area contributed by atoms with Gasteiger partial charge in [-0.1, -0.05) is 19.9 Å². The van der Waals surface area contributed by atoms with Gasteiger partial charge in [0.1, 0.15) is 19.3 Å². The summed E-state index contributed by atoms with van der Waals surface area (Å²) in [6.45, 7) is 6.26. The molecular formula is C19H24N2O5S2. The highest BCUT2D eigenvalue weighted by Crippen LogP contribution is 2.32. The van der Waals surface area contributed by atoms with E-state index in [4.69, 9.17) is 9.47 Å². The summed E-state index contributed by atoms with van der Waals surface area (Å²) in [7, 11) is -3.92. The van der Waals surface area contributed by atoms with E-state index in [0.29, 0.717) is 24.7 Å². The Balaban J connectivity index is 1.76. The van der Waals surface area contributed by atoms with Crippen molar-refractivity contribution in [2.75, 3.05) is 13.2 Å². The first-order chi connectivity index (χ1) is 13.3. The van der Waals surface area contributed by atoms with Gasteiger partial charge >= 0.3 is 0 Å². The topological polar surface area (TPSA) is 93.7 Å². The van der Waals surface area contributed by atoms with Crippen LogP contribution in [0.25, 0.3) is 0 Å². The number of carbonyl (C=O) groups is 1. The number of sulfonamides is 1. The minimum atomic E-state index is -3.92. The molecule has 9 heteroatoms. The number of benzene rings is 1. The van der Waals surface area contributed by atoms with Crippen molar-refractivity contribution in [1.29, 1.82) is 0 Å². The van der Waals surface area contributed by atoms with Crippen LogP contribution in [0.3, 0.4) is 0 Å². The average Bonchev–Trinajstić information content (AvgIpc) is 3.20. The zero-order valence-electron chi connectivity index (χ0n) is 16.0. The third-order valence-electron chi connectivity index (χ3n) is 4.38. The minimum Gasteiger partial charge on any atom is -0.486 e. The van der Waals surface area contributed by atoms with Crippen molar-refractivity contribution in [1.82, 2.24) is 10.0 Å². The smallest absolute Gasteiger partial charge is 0.241 e. The molecule has 152 valence electrons. The number of fused-ring (bicyclic) bond motifs is 1. The molecule has 1 amide bonds. The second-order valence-corrected chi connectivity index (χ2v) is 9.59. The molecule has 2 aromatic rings. The van der Waals surface area contributed by atoms with Crippen LogP contribution in [0.4, 0.5) is 0 Å². The number of hydrogen-bond acceptors (Lipinski definition) is 6. The Bertz CT molecular complexity index is 926. The first-order valence-corrected chi connectivity index (χ1v) is 11.4. The van der Waals surface area contributed by atoms with Crippen LogP contribution in [0.5, 0.6) is 11.5 Å². The third-order valence-corrected chi connectivity index (χ3v) is 6.88. The van der Waals surface area contributed by atoms with E-state index in [1.54, 1.807) is 19.9 Å². The van der Waals surface area contributed by atoms with Gasteiger partial charge in [0.05, 0.1) is 10.9 Å². The maximum absolute atomic E-state index is 12.9. The fourth-order valence-electron chi connectivity index (χ4n) is 2.83. The molecule has 2 atom stereocenters. The van der Waals surface area contributed by atoms with Gasteiger partial charge in [0.2, 0.25) is 15.9 Å². The number of nitrogens with one attached hydrogen (secondary N) is 2. The molecule has 0 radical (unpaired) electrons. The predicted molar refractivity (Wildman–Crippen MR) is 107 cm³/mol. The van der Waals surface area contributed by atoms with Crippen LogP contribution < -0.4 is 19.5 Å². The van der Waals surface area contributed by atoms with Gasteiger partial charge in [0.15, 0.2) is 11.5 Å². The summed E-state index contributed by atoms with van der Waals surface area (Å²) in [6, 6.07) is 7.16. The zero-order valence-corrected chi connectivity index (χ0v) is 17.6. The fraction of sp³-hybridized carbons (Fsp3) is 0.421. The van der Waals surface area contributed by atoms with E-state index in [1.165, 1.54) is 23.5 Å². The van der Waals surface area contributed by atoms with E-state index in [2.05, 4.69) is 10.0 Å². The van der Waals surface area contributed by atoms with E-state index in [9.17, 15) is 13.2 Å². The second kappa shape index (κ2) is 8.50. The van der Waals surface area contributed by atoms with Crippen LogP contribution in [0, 0.1) is 5.92 Å². The molecule has 0 bridgehead atoms. The Morgan fingerprint density at radius 3 is 2.46 bits per heavy atom. The van der Waals surface area contributed by atoms with Crippen molar-refractivity contribution in [2.45, 2.75) is 37.8 Å². The number of hydrogen-bond donors (Lipinski definition) is 2. The molecule has 1 aliphatic rings. The molecule has 3 rings (SSSR count). The highest BCUT2D eigenvalue weighted by atomic mass is 32.2. The van der Waals surface area contributed by atoms with Gasteiger partial charge in [-0.05, 0) is 36.4 Å². The maximum atomic E-state index is 12.9. The molecule has 1 aromatic carbocycles. The molecule has 1 aliphatic heterocycles. The van der Waals surface area contributed by atoms with Crippen LogP contribution >= 0.6 is 11.3 Å². The molecule has 28 heavy (non-hydrogen) atoms. The molecule has 0 unspecified atom stereocenters. The lowest BCUT2D eigenvalue weighted by Gasteiger charge is -2.24. The number of thiophene rings is 1. The van der Waals surface area contributed by atoms with E-state index in [-0.39, 0.29) is 22.8 Å². The van der Waals surface area contributed by atoms with E-state index >= 15 is 0 Å².